The number of carbonyl (C=O) groups is 1. The Labute approximate surface area is 99.1 Å². The summed E-state index contributed by atoms with van der Waals surface area (Å²) < 4.78 is 5.61. The van der Waals surface area contributed by atoms with E-state index in [2.05, 4.69) is 4.98 Å². The summed E-state index contributed by atoms with van der Waals surface area (Å²) >= 11 is 0. The van der Waals surface area contributed by atoms with Gasteiger partial charge in [-0.25, -0.2) is 0 Å². The molecule has 17 heavy (non-hydrogen) atoms. The first-order valence-corrected chi connectivity index (χ1v) is 5.20. The number of pyridine rings is 1. The van der Waals surface area contributed by atoms with E-state index in [1.54, 1.807) is 42.6 Å². The summed E-state index contributed by atoms with van der Waals surface area (Å²) in [7, 11) is 0. The normalized spacial score (nSPS) is 9.88. The lowest BCUT2D eigenvalue weighted by atomic mass is 10.3. The third-order valence-corrected chi connectivity index (χ3v) is 2.20. The SMILES string of the molecule is Nc1ccc(Oc2ccnc(CC=O)c2)cc1. The second-order valence-electron chi connectivity index (χ2n) is 3.52. The number of aldehydes is 1. The first-order chi connectivity index (χ1) is 8.28. The van der Waals surface area contributed by atoms with E-state index >= 15 is 0 Å². The fourth-order valence-electron chi connectivity index (χ4n) is 1.39. The molecule has 1 heterocycles. The van der Waals surface area contributed by atoms with Gasteiger partial charge in [0, 0.05) is 24.4 Å². The molecule has 0 unspecified atom stereocenters. The summed E-state index contributed by atoms with van der Waals surface area (Å²) in [5.41, 5.74) is 6.96. The highest BCUT2D eigenvalue weighted by molar-refractivity contribution is 5.54. The van der Waals surface area contributed by atoms with Gasteiger partial charge in [-0.15, -0.1) is 0 Å². The molecule has 1 aromatic carbocycles. The minimum Gasteiger partial charge on any atom is -0.457 e. The molecule has 0 spiro atoms. The van der Waals surface area contributed by atoms with E-state index in [9.17, 15) is 4.79 Å². The summed E-state index contributed by atoms with van der Waals surface area (Å²) in [6.07, 6.45) is 2.72. The maximum absolute atomic E-state index is 10.4. The zero-order chi connectivity index (χ0) is 12.1. The summed E-state index contributed by atoms with van der Waals surface area (Å²) in [6.45, 7) is 0. The first kappa shape index (κ1) is 11.1. The van der Waals surface area contributed by atoms with Crippen molar-refractivity contribution < 1.29 is 9.53 Å². The van der Waals surface area contributed by atoms with Crippen LogP contribution in [0.15, 0.2) is 42.6 Å². The van der Waals surface area contributed by atoms with Crippen molar-refractivity contribution in [1.29, 1.82) is 0 Å². The number of carbonyl (C=O) groups excluding carboxylic acids is 1. The minimum atomic E-state index is 0.291. The molecule has 86 valence electrons. The zero-order valence-corrected chi connectivity index (χ0v) is 9.17. The van der Waals surface area contributed by atoms with Gasteiger partial charge in [-0.3, -0.25) is 4.98 Å². The summed E-state index contributed by atoms with van der Waals surface area (Å²) in [4.78, 5) is 14.4. The van der Waals surface area contributed by atoms with Gasteiger partial charge < -0.3 is 15.3 Å². The van der Waals surface area contributed by atoms with E-state index in [-0.39, 0.29) is 0 Å². The quantitative estimate of drug-likeness (QED) is 0.643. The van der Waals surface area contributed by atoms with Crippen molar-refractivity contribution in [2.75, 3.05) is 5.73 Å². The van der Waals surface area contributed by atoms with Gasteiger partial charge in [-0.05, 0) is 30.3 Å². The van der Waals surface area contributed by atoms with E-state index in [0.29, 0.717) is 29.3 Å². The van der Waals surface area contributed by atoms with Gasteiger partial charge in [0.05, 0.1) is 5.69 Å². The average molecular weight is 228 g/mol. The van der Waals surface area contributed by atoms with Crippen LogP contribution in [0.5, 0.6) is 11.5 Å². The fourth-order valence-corrected chi connectivity index (χ4v) is 1.39. The molecular formula is C13H12N2O2. The highest BCUT2D eigenvalue weighted by Crippen LogP contribution is 2.22. The molecule has 2 N–H and O–H groups in total. The molecule has 0 saturated carbocycles. The molecule has 4 heteroatoms. The predicted molar refractivity (Wildman–Crippen MR) is 64.9 cm³/mol. The van der Waals surface area contributed by atoms with Crippen LogP contribution in [0.25, 0.3) is 0 Å². The average Bonchev–Trinajstić information content (AvgIpc) is 2.33. The molecule has 2 aromatic rings. The Kier molecular flexibility index (Phi) is 3.35. The number of nitrogens with zero attached hydrogens (tertiary/aromatic N) is 1. The molecule has 2 rings (SSSR count). The number of aromatic nitrogens is 1. The Morgan fingerprint density at radius 1 is 1.18 bits per heavy atom. The Morgan fingerprint density at radius 2 is 1.94 bits per heavy atom. The maximum Gasteiger partial charge on any atom is 0.130 e. The Hall–Kier alpha value is -2.36. The number of benzene rings is 1. The van der Waals surface area contributed by atoms with Gasteiger partial charge in [0.25, 0.3) is 0 Å². The summed E-state index contributed by atoms with van der Waals surface area (Å²) in [5, 5.41) is 0. The molecule has 0 atom stereocenters. The summed E-state index contributed by atoms with van der Waals surface area (Å²) in [6, 6.07) is 10.6. The molecule has 0 aliphatic carbocycles. The Bertz CT molecular complexity index is 509. The van der Waals surface area contributed by atoms with Crippen molar-refractivity contribution in [3.63, 3.8) is 0 Å². The van der Waals surface area contributed by atoms with Gasteiger partial charge in [-0.1, -0.05) is 0 Å². The molecule has 1 aromatic heterocycles. The Morgan fingerprint density at radius 3 is 2.65 bits per heavy atom. The van der Waals surface area contributed by atoms with Crippen LogP contribution in [0.1, 0.15) is 5.69 Å². The van der Waals surface area contributed by atoms with Crippen LogP contribution in [0.2, 0.25) is 0 Å². The van der Waals surface area contributed by atoms with E-state index in [0.717, 1.165) is 6.29 Å². The maximum atomic E-state index is 10.4. The predicted octanol–water partition coefficient (Wildman–Crippen LogP) is 2.20. The first-order valence-electron chi connectivity index (χ1n) is 5.20. The van der Waals surface area contributed by atoms with Crippen molar-refractivity contribution in [2.24, 2.45) is 0 Å². The number of nitrogen functional groups attached to an aromatic ring is 1. The molecular weight excluding hydrogens is 216 g/mol. The number of rotatable bonds is 4. The second kappa shape index (κ2) is 5.12. The lowest BCUT2D eigenvalue weighted by Crippen LogP contribution is -1.92. The van der Waals surface area contributed by atoms with Crippen molar-refractivity contribution >= 4 is 12.0 Å². The summed E-state index contributed by atoms with van der Waals surface area (Å²) in [5.74, 6) is 1.35. The third kappa shape index (κ3) is 3.04. The number of hydrogen-bond donors (Lipinski definition) is 1. The molecule has 4 nitrogen and oxygen atoms in total. The molecule has 0 bridgehead atoms. The molecule has 0 aliphatic rings. The molecule has 0 aliphatic heterocycles. The molecule has 0 fully saturated rings. The lowest BCUT2D eigenvalue weighted by molar-refractivity contribution is -0.107. The zero-order valence-electron chi connectivity index (χ0n) is 9.17. The van der Waals surface area contributed by atoms with Crippen molar-refractivity contribution in [3.05, 3.63) is 48.3 Å². The molecule has 0 amide bonds. The van der Waals surface area contributed by atoms with E-state index in [1.165, 1.54) is 0 Å². The highest BCUT2D eigenvalue weighted by Gasteiger charge is 1.99. The third-order valence-electron chi connectivity index (χ3n) is 2.20. The minimum absolute atomic E-state index is 0.291. The van der Waals surface area contributed by atoms with Crippen molar-refractivity contribution in [1.82, 2.24) is 4.98 Å². The molecule has 0 saturated heterocycles. The van der Waals surface area contributed by atoms with Crippen LogP contribution in [0, 0.1) is 0 Å². The second-order valence-corrected chi connectivity index (χ2v) is 3.52. The van der Waals surface area contributed by atoms with Crippen LogP contribution in [0.3, 0.4) is 0 Å². The van der Waals surface area contributed by atoms with Crippen LogP contribution in [-0.2, 0) is 11.2 Å². The van der Waals surface area contributed by atoms with Gasteiger partial charge >= 0.3 is 0 Å². The fraction of sp³-hybridized carbons (Fsp3) is 0.0769. The van der Waals surface area contributed by atoms with Crippen LogP contribution >= 0.6 is 0 Å². The highest BCUT2D eigenvalue weighted by atomic mass is 16.5. The smallest absolute Gasteiger partial charge is 0.130 e. The van der Waals surface area contributed by atoms with Crippen LogP contribution < -0.4 is 10.5 Å². The number of hydrogen-bond acceptors (Lipinski definition) is 4. The van der Waals surface area contributed by atoms with E-state index in [4.69, 9.17) is 10.5 Å². The molecule has 0 radical (unpaired) electrons. The van der Waals surface area contributed by atoms with Crippen molar-refractivity contribution in [3.8, 4) is 11.5 Å². The van der Waals surface area contributed by atoms with E-state index < -0.39 is 0 Å². The largest absolute Gasteiger partial charge is 0.457 e. The number of anilines is 1. The lowest BCUT2D eigenvalue weighted by Gasteiger charge is -2.06. The topological polar surface area (TPSA) is 65.2 Å². The standard InChI is InChI=1S/C13H12N2O2/c14-10-1-3-12(4-2-10)17-13-5-7-15-11(9-13)6-8-16/h1-5,7-9H,6,14H2. The number of ether oxygens (including phenoxy) is 1. The van der Waals surface area contributed by atoms with E-state index in [1.807, 2.05) is 0 Å². The van der Waals surface area contributed by atoms with Crippen molar-refractivity contribution in [2.45, 2.75) is 6.42 Å². The monoisotopic (exact) mass is 228 g/mol. The van der Waals surface area contributed by atoms with Gasteiger partial charge in [0.1, 0.15) is 17.8 Å². The van der Waals surface area contributed by atoms with Crippen LogP contribution in [-0.4, -0.2) is 11.3 Å². The van der Waals surface area contributed by atoms with Gasteiger partial charge in [0.15, 0.2) is 0 Å². The number of nitrogens with two attached hydrogens (primary N) is 1. The Balaban J connectivity index is 2.15. The van der Waals surface area contributed by atoms with Gasteiger partial charge in [-0.2, -0.15) is 0 Å². The van der Waals surface area contributed by atoms with Crippen LogP contribution in [0.4, 0.5) is 5.69 Å². The van der Waals surface area contributed by atoms with Gasteiger partial charge in [0.2, 0.25) is 0 Å².